The van der Waals surface area contributed by atoms with Crippen LogP contribution >= 0.6 is 0 Å². The number of amides is 2. The molecule has 5 heteroatoms. The molecular formula is C18H20N2O3. The van der Waals surface area contributed by atoms with E-state index in [0.29, 0.717) is 18.5 Å². The molecule has 0 radical (unpaired) electrons. The van der Waals surface area contributed by atoms with E-state index in [0.717, 1.165) is 31.4 Å². The molecule has 2 aliphatic rings. The molecule has 3 rings (SSSR count). The van der Waals surface area contributed by atoms with Gasteiger partial charge in [0.05, 0.1) is 12.0 Å². The molecule has 5 nitrogen and oxygen atoms in total. The van der Waals surface area contributed by atoms with Crippen LogP contribution in [0.2, 0.25) is 0 Å². The lowest BCUT2D eigenvalue weighted by Gasteiger charge is -2.33. The lowest BCUT2D eigenvalue weighted by Crippen LogP contribution is -2.39. The summed E-state index contributed by atoms with van der Waals surface area (Å²) in [7, 11) is 0. The molecule has 1 aromatic carbocycles. The highest BCUT2D eigenvalue weighted by molar-refractivity contribution is 5.93. The Bertz CT molecular complexity index is 717. The standard InChI is InChI=1S/C18H20N2O3/c1-2-3-9-20-10-8-18(17(20)22)7-6-13-4-5-14(16(21)19-23)11-15(13)12-18/h4-5,11,23H,6-10,12H2,1H3,(H,19,21)/t18-/m0/s1. The number of carbonyl (C=O) groups excluding carboxylic acids is 2. The van der Waals surface area contributed by atoms with E-state index in [1.165, 1.54) is 5.56 Å². The van der Waals surface area contributed by atoms with Crippen LogP contribution in [0, 0.1) is 17.3 Å². The first-order chi connectivity index (χ1) is 11.1. The van der Waals surface area contributed by atoms with E-state index >= 15 is 0 Å². The summed E-state index contributed by atoms with van der Waals surface area (Å²) in [6.07, 6.45) is 3.19. The number of hydrogen-bond acceptors (Lipinski definition) is 3. The maximum absolute atomic E-state index is 12.8. The van der Waals surface area contributed by atoms with Crippen molar-refractivity contribution < 1.29 is 14.8 Å². The highest BCUT2D eigenvalue weighted by Gasteiger charge is 2.47. The van der Waals surface area contributed by atoms with Crippen LogP contribution in [0.1, 0.15) is 41.3 Å². The van der Waals surface area contributed by atoms with Gasteiger partial charge in [-0.2, -0.15) is 0 Å². The van der Waals surface area contributed by atoms with Gasteiger partial charge in [0.25, 0.3) is 5.91 Å². The molecular weight excluding hydrogens is 292 g/mol. The van der Waals surface area contributed by atoms with E-state index in [4.69, 9.17) is 5.21 Å². The van der Waals surface area contributed by atoms with Gasteiger partial charge in [-0.05, 0) is 55.9 Å². The molecule has 0 aromatic heterocycles. The molecule has 1 atom stereocenters. The van der Waals surface area contributed by atoms with Gasteiger partial charge < -0.3 is 4.90 Å². The third kappa shape index (κ3) is 2.71. The van der Waals surface area contributed by atoms with Gasteiger partial charge in [-0.15, -0.1) is 5.92 Å². The monoisotopic (exact) mass is 312 g/mol. The second-order valence-electron chi connectivity index (χ2n) is 6.29. The summed E-state index contributed by atoms with van der Waals surface area (Å²) in [6.45, 7) is 3.03. The summed E-state index contributed by atoms with van der Waals surface area (Å²) in [4.78, 5) is 26.2. The Balaban J connectivity index is 1.85. The van der Waals surface area contributed by atoms with Gasteiger partial charge in [-0.3, -0.25) is 14.8 Å². The van der Waals surface area contributed by atoms with Crippen molar-refractivity contribution in [1.29, 1.82) is 0 Å². The van der Waals surface area contributed by atoms with Crippen LogP contribution < -0.4 is 5.48 Å². The van der Waals surface area contributed by atoms with Crippen LogP contribution in [0.4, 0.5) is 0 Å². The number of hydrogen-bond donors (Lipinski definition) is 2. The zero-order valence-corrected chi connectivity index (χ0v) is 13.2. The number of benzene rings is 1. The molecule has 1 aliphatic heterocycles. The number of likely N-dealkylation sites (tertiary alicyclic amines) is 1. The summed E-state index contributed by atoms with van der Waals surface area (Å²) in [5, 5.41) is 8.78. The normalized spacial score (nSPS) is 22.5. The highest BCUT2D eigenvalue weighted by atomic mass is 16.5. The number of fused-ring (bicyclic) bond motifs is 1. The summed E-state index contributed by atoms with van der Waals surface area (Å²) in [6, 6.07) is 5.43. The minimum Gasteiger partial charge on any atom is -0.331 e. The molecule has 0 saturated carbocycles. The van der Waals surface area contributed by atoms with Gasteiger partial charge in [0.15, 0.2) is 0 Å². The van der Waals surface area contributed by atoms with Crippen molar-refractivity contribution in [3.05, 3.63) is 34.9 Å². The third-order valence-electron chi connectivity index (χ3n) is 5.02. The zero-order valence-electron chi connectivity index (χ0n) is 13.2. The van der Waals surface area contributed by atoms with Crippen molar-refractivity contribution in [2.45, 2.75) is 32.6 Å². The van der Waals surface area contributed by atoms with Gasteiger partial charge in [0, 0.05) is 12.1 Å². The number of nitrogens with zero attached hydrogens (tertiary/aromatic N) is 1. The second-order valence-corrected chi connectivity index (χ2v) is 6.29. The first-order valence-corrected chi connectivity index (χ1v) is 7.85. The van der Waals surface area contributed by atoms with Crippen LogP contribution in [0.5, 0.6) is 0 Å². The first kappa shape index (κ1) is 15.6. The van der Waals surface area contributed by atoms with E-state index < -0.39 is 5.91 Å². The maximum atomic E-state index is 12.8. The minimum absolute atomic E-state index is 0.183. The van der Waals surface area contributed by atoms with E-state index in [9.17, 15) is 9.59 Å². The molecule has 1 saturated heterocycles. The number of carbonyl (C=O) groups is 2. The van der Waals surface area contributed by atoms with E-state index in [1.54, 1.807) is 24.5 Å². The highest BCUT2D eigenvalue weighted by Crippen LogP contribution is 2.43. The van der Waals surface area contributed by atoms with Crippen molar-refractivity contribution in [3.63, 3.8) is 0 Å². The largest absolute Gasteiger partial charge is 0.331 e. The van der Waals surface area contributed by atoms with Crippen LogP contribution in [-0.2, 0) is 17.6 Å². The van der Waals surface area contributed by atoms with Crippen LogP contribution in [0.3, 0.4) is 0 Å². The van der Waals surface area contributed by atoms with Crippen LogP contribution in [0.25, 0.3) is 0 Å². The Morgan fingerprint density at radius 3 is 2.96 bits per heavy atom. The first-order valence-electron chi connectivity index (χ1n) is 7.85. The minimum atomic E-state index is -0.523. The summed E-state index contributed by atoms with van der Waals surface area (Å²) in [5.74, 6) is 5.46. The van der Waals surface area contributed by atoms with Gasteiger partial charge in [-0.25, -0.2) is 5.48 Å². The molecule has 2 amide bonds. The van der Waals surface area contributed by atoms with E-state index in [-0.39, 0.29) is 11.3 Å². The van der Waals surface area contributed by atoms with Crippen molar-refractivity contribution >= 4 is 11.8 Å². The van der Waals surface area contributed by atoms with Crippen LogP contribution in [0.15, 0.2) is 18.2 Å². The predicted octanol–water partition coefficient (Wildman–Crippen LogP) is 1.54. The van der Waals surface area contributed by atoms with Gasteiger partial charge in [0.2, 0.25) is 5.91 Å². The maximum Gasteiger partial charge on any atom is 0.274 e. The molecule has 1 aromatic rings. The van der Waals surface area contributed by atoms with Gasteiger partial charge in [-0.1, -0.05) is 12.0 Å². The van der Waals surface area contributed by atoms with Gasteiger partial charge >= 0.3 is 0 Å². The Morgan fingerprint density at radius 1 is 1.39 bits per heavy atom. The Morgan fingerprint density at radius 2 is 2.22 bits per heavy atom. The zero-order chi connectivity index (χ0) is 16.4. The summed E-state index contributed by atoms with van der Waals surface area (Å²) < 4.78 is 0. The van der Waals surface area contributed by atoms with Crippen molar-refractivity contribution in [1.82, 2.24) is 10.4 Å². The molecule has 1 heterocycles. The Labute approximate surface area is 135 Å². The molecule has 1 fully saturated rings. The third-order valence-corrected chi connectivity index (χ3v) is 5.02. The molecule has 0 bridgehead atoms. The molecule has 2 N–H and O–H groups in total. The Kier molecular flexibility index (Phi) is 4.10. The second kappa shape index (κ2) is 6.05. The fourth-order valence-corrected chi connectivity index (χ4v) is 3.68. The number of aryl methyl sites for hydroxylation is 1. The van der Waals surface area contributed by atoms with Crippen molar-refractivity contribution in [3.8, 4) is 11.8 Å². The number of hydroxylamine groups is 1. The fourth-order valence-electron chi connectivity index (χ4n) is 3.68. The lowest BCUT2D eigenvalue weighted by molar-refractivity contribution is -0.136. The van der Waals surface area contributed by atoms with E-state index in [1.807, 2.05) is 11.0 Å². The molecule has 0 unspecified atom stereocenters. The van der Waals surface area contributed by atoms with E-state index in [2.05, 4.69) is 11.8 Å². The van der Waals surface area contributed by atoms with Crippen LogP contribution in [-0.4, -0.2) is 35.0 Å². The molecule has 1 spiro atoms. The fraction of sp³-hybridized carbons (Fsp3) is 0.444. The number of rotatable bonds is 2. The predicted molar refractivity (Wildman–Crippen MR) is 84.8 cm³/mol. The topological polar surface area (TPSA) is 69.6 Å². The summed E-state index contributed by atoms with van der Waals surface area (Å²) in [5.41, 5.74) is 3.95. The van der Waals surface area contributed by atoms with Crippen molar-refractivity contribution in [2.75, 3.05) is 13.1 Å². The molecule has 1 aliphatic carbocycles. The quantitative estimate of drug-likeness (QED) is 0.494. The number of nitrogens with one attached hydrogen (secondary N) is 1. The van der Waals surface area contributed by atoms with Crippen molar-refractivity contribution in [2.24, 2.45) is 5.41 Å². The lowest BCUT2D eigenvalue weighted by atomic mass is 9.70. The Hall–Kier alpha value is -2.32. The average molecular weight is 312 g/mol. The molecule has 23 heavy (non-hydrogen) atoms. The average Bonchev–Trinajstić information content (AvgIpc) is 2.87. The summed E-state index contributed by atoms with van der Waals surface area (Å²) >= 11 is 0. The van der Waals surface area contributed by atoms with Gasteiger partial charge in [0.1, 0.15) is 0 Å². The smallest absolute Gasteiger partial charge is 0.274 e. The SMILES string of the molecule is CC#CCN1CC[C@]2(CCc3ccc(C(=O)NO)cc3C2)C1=O. The molecule has 120 valence electrons.